The molecule has 1 N–H and O–H groups in total. The van der Waals surface area contributed by atoms with E-state index >= 15 is 0 Å². The number of nitro groups is 1. The summed E-state index contributed by atoms with van der Waals surface area (Å²) in [5.41, 5.74) is 1.82. The first-order valence-electron chi connectivity index (χ1n) is 8.86. The van der Waals surface area contributed by atoms with Gasteiger partial charge in [-0.05, 0) is 39.3 Å². The second-order valence-corrected chi connectivity index (χ2v) is 6.95. The molecule has 0 bridgehead atoms. The number of nitrogens with zero attached hydrogens (tertiary/aromatic N) is 2. The third-order valence-electron chi connectivity index (χ3n) is 4.58. The van der Waals surface area contributed by atoms with Crippen molar-refractivity contribution >= 4 is 28.9 Å². The summed E-state index contributed by atoms with van der Waals surface area (Å²) in [4.78, 5) is 52.2. The maximum Gasteiger partial charge on any atom is 0.341 e. The number of hydrogen-bond donors (Lipinski definition) is 1. The summed E-state index contributed by atoms with van der Waals surface area (Å²) in [6, 6.07) is 3.85. The van der Waals surface area contributed by atoms with E-state index in [1.54, 1.807) is 32.8 Å². The Labute approximate surface area is 167 Å². The van der Waals surface area contributed by atoms with E-state index in [9.17, 15) is 24.5 Å². The van der Waals surface area contributed by atoms with Gasteiger partial charge in [-0.3, -0.25) is 19.7 Å². The molecular weight excluding hydrogens is 378 g/mol. The molecule has 0 aliphatic heterocycles. The molecule has 0 saturated carbocycles. The number of aryl methyl sites for hydroxylation is 1. The Hall–Kier alpha value is -3.49. The first-order chi connectivity index (χ1) is 13.5. The molecule has 1 aromatic heterocycles. The van der Waals surface area contributed by atoms with Gasteiger partial charge in [0.25, 0.3) is 5.69 Å². The molecule has 0 saturated heterocycles. The van der Waals surface area contributed by atoms with E-state index < -0.39 is 22.8 Å². The minimum atomic E-state index is -1.16. The molecule has 1 heterocycles. The SMILES string of the molecule is CC(=O)c1c(C)[nH]c(C(=O)[C@@H](C)OC(=O)c2cc([N+](=O)[O-])ccc2N(C)C)c1C. The lowest BCUT2D eigenvalue weighted by molar-refractivity contribution is -0.384. The minimum absolute atomic E-state index is 0.0207. The fourth-order valence-corrected chi connectivity index (χ4v) is 3.20. The molecule has 1 atom stereocenters. The molecule has 2 rings (SSSR count). The summed E-state index contributed by atoms with van der Waals surface area (Å²) < 4.78 is 5.30. The summed E-state index contributed by atoms with van der Waals surface area (Å²) in [5, 5.41) is 11.1. The lowest BCUT2D eigenvalue weighted by atomic mass is 10.0. The summed E-state index contributed by atoms with van der Waals surface area (Å²) in [6.07, 6.45) is -1.16. The number of benzene rings is 1. The number of carbonyl (C=O) groups excluding carboxylic acids is 3. The maximum atomic E-state index is 12.8. The standard InChI is InChI=1S/C20H23N3O6/c1-10-17(12(3)24)11(2)21-18(10)19(25)13(4)29-20(26)15-9-14(23(27)28)7-8-16(15)22(5)6/h7-9,13,21H,1-6H3/t13-/m1/s1. The van der Waals surface area contributed by atoms with Gasteiger partial charge >= 0.3 is 5.97 Å². The Morgan fingerprint density at radius 2 is 1.83 bits per heavy atom. The number of hydrogen-bond acceptors (Lipinski definition) is 7. The number of H-pyrrole nitrogens is 1. The van der Waals surface area contributed by atoms with Crippen LogP contribution in [0.3, 0.4) is 0 Å². The molecule has 0 aliphatic carbocycles. The fraction of sp³-hybridized carbons (Fsp3) is 0.350. The van der Waals surface area contributed by atoms with Crippen LogP contribution < -0.4 is 4.90 Å². The quantitative estimate of drug-likeness (QED) is 0.327. The van der Waals surface area contributed by atoms with E-state index in [4.69, 9.17) is 4.74 Å². The third-order valence-corrected chi connectivity index (χ3v) is 4.58. The van der Waals surface area contributed by atoms with Crippen molar-refractivity contribution in [1.82, 2.24) is 4.98 Å². The summed E-state index contributed by atoms with van der Waals surface area (Å²) in [7, 11) is 3.36. The highest BCUT2D eigenvalue weighted by atomic mass is 16.6. The van der Waals surface area contributed by atoms with E-state index in [0.717, 1.165) is 6.07 Å². The van der Waals surface area contributed by atoms with Gasteiger partial charge < -0.3 is 14.6 Å². The second kappa shape index (κ2) is 8.26. The molecule has 9 nitrogen and oxygen atoms in total. The van der Waals surface area contributed by atoms with Crippen LogP contribution in [-0.4, -0.2) is 47.6 Å². The van der Waals surface area contributed by atoms with Crippen molar-refractivity contribution in [2.24, 2.45) is 0 Å². The Morgan fingerprint density at radius 1 is 1.21 bits per heavy atom. The van der Waals surface area contributed by atoms with Crippen LogP contribution in [0.1, 0.15) is 56.3 Å². The predicted molar refractivity (Wildman–Crippen MR) is 107 cm³/mol. The molecular formula is C20H23N3O6. The summed E-state index contributed by atoms with van der Waals surface area (Å²) in [5.74, 6) is -1.53. The number of non-ortho nitro benzene ring substituents is 1. The molecule has 0 amide bonds. The number of carbonyl (C=O) groups is 3. The normalized spacial score (nSPS) is 11.7. The second-order valence-electron chi connectivity index (χ2n) is 6.95. The van der Waals surface area contributed by atoms with Crippen LogP contribution in [0.15, 0.2) is 18.2 Å². The van der Waals surface area contributed by atoms with Gasteiger partial charge in [-0.15, -0.1) is 0 Å². The van der Waals surface area contributed by atoms with E-state index in [0.29, 0.717) is 22.5 Å². The molecule has 0 aliphatic rings. The molecule has 0 fully saturated rings. The highest BCUT2D eigenvalue weighted by Gasteiger charge is 2.28. The van der Waals surface area contributed by atoms with Crippen molar-refractivity contribution in [2.45, 2.75) is 33.8 Å². The van der Waals surface area contributed by atoms with Gasteiger partial charge in [0.2, 0.25) is 5.78 Å². The first kappa shape index (κ1) is 21.8. The fourth-order valence-electron chi connectivity index (χ4n) is 3.20. The maximum absolute atomic E-state index is 12.8. The van der Waals surface area contributed by atoms with E-state index in [1.165, 1.54) is 26.0 Å². The topological polar surface area (TPSA) is 123 Å². The lowest BCUT2D eigenvalue weighted by Gasteiger charge is -2.18. The van der Waals surface area contributed by atoms with Crippen LogP contribution in [0.25, 0.3) is 0 Å². The smallest absolute Gasteiger partial charge is 0.341 e. The summed E-state index contributed by atoms with van der Waals surface area (Å²) >= 11 is 0. The van der Waals surface area contributed by atoms with Crippen LogP contribution >= 0.6 is 0 Å². The Kier molecular flexibility index (Phi) is 6.21. The monoisotopic (exact) mass is 401 g/mol. The van der Waals surface area contributed by atoms with Crippen molar-refractivity contribution in [3.05, 3.63) is 56.4 Å². The zero-order chi connectivity index (χ0) is 22.0. The van der Waals surface area contributed by atoms with Gasteiger partial charge in [0, 0.05) is 37.5 Å². The van der Waals surface area contributed by atoms with Crippen molar-refractivity contribution in [1.29, 1.82) is 0 Å². The molecule has 1 aromatic carbocycles. The number of nitrogens with one attached hydrogen (secondary N) is 1. The van der Waals surface area contributed by atoms with Gasteiger partial charge in [0.05, 0.1) is 21.9 Å². The Balaban J connectivity index is 2.33. The number of ether oxygens (including phenoxy) is 1. The van der Waals surface area contributed by atoms with Crippen LogP contribution in [-0.2, 0) is 4.74 Å². The highest BCUT2D eigenvalue weighted by Crippen LogP contribution is 2.26. The van der Waals surface area contributed by atoms with Crippen molar-refractivity contribution in [3.63, 3.8) is 0 Å². The average molecular weight is 401 g/mol. The molecule has 2 aromatic rings. The number of esters is 1. The van der Waals surface area contributed by atoms with E-state index in [2.05, 4.69) is 4.98 Å². The molecule has 0 unspecified atom stereocenters. The third kappa shape index (κ3) is 4.34. The molecule has 9 heteroatoms. The number of rotatable bonds is 7. The van der Waals surface area contributed by atoms with Gasteiger partial charge in [-0.25, -0.2) is 4.79 Å². The minimum Gasteiger partial charge on any atom is -0.451 e. The Morgan fingerprint density at radius 3 is 2.31 bits per heavy atom. The number of Topliss-reactive ketones (excluding diaryl/α,β-unsaturated/α-hetero) is 2. The predicted octanol–water partition coefficient (Wildman–Crippen LogP) is 3.24. The molecule has 0 radical (unpaired) electrons. The summed E-state index contributed by atoms with van der Waals surface area (Å²) in [6.45, 7) is 6.15. The van der Waals surface area contributed by atoms with E-state index in [-0.39, 0.29) is 22.7 Å². The number of aromatic amines is 1. The van der Waals surface area contributed by atoms with Crippen LogP contribution in [0.2, 0.25) is 0 Å². The zero-order valence-electron chi connectivity index (χ0n) is 17.2. The largest absolute Gasteiger partial charge is 0.451 e. The number of anilines is 1. The Bertz CT molecular complexity index is 1010. The van der Waals surface area contributed by atoms with Gasteiger partial charge in [0.15, 0.2) is 11.9 Å². The highest BCUT2D eigenvalue weighted by molar-refractivity contribution is 6.06. The zero-order valence-corrected chi connectivity index (χ0v) is 17.2. The molecule has 0 spiro atoms. The number of ketones is 2. The van der Waals surface area contributed by atoms with Crippen molar-refractivity contribution in [2.75, 3.05) is 19.0 Å². The number of nitro benzene ring substituents is 1. The average Bonchev–Trinajstić information content (AvgIpc) is 2.94. The van der Waals surface area contributed by atoms with Crippen LogP contribution in [0.4, 0.5) is 11.4 Å². The van der Waals surface area contributed by atoms with Crippen LogP contribution in [0.5, 0.6) is 0 Å². The van der Waals surface area contributed by atoms with Gasteiger partial charge in [0.1, 0.15) is 0 Å². The van der Waals surface area contributed by atoms with Crippen LogP contribution in [0, 0.1) is 24.0 Å². The van der Waals surface area contributed by atoms with E-state index in [1.807, 2.05) is 0 Å². The first-order valence-corrected chi connectivity index (χ1v) is 8.86. The number of aromatic nitrogens is 1. The molecule has 154 valence electrons. The van der Waals surface area contributed by atoms with Gasteiger partial charge in [-0.1, -0.05) is 0 Å². The molecule has 29 heavy (non-hydrogen) atoms. The van der Waals surface area contributed by atoms with Crippen molar-refractivity contribution < 1.29 is 24.0 Å². The lowest BCUT2D eigenvalue weighted by Crippen LogP contribution is -2.26. The van der Waals surface area contributed by atoms with Crippen molar-refractivity contribution in [3.8, 4) is 0 Å². The van der Waals surface area contributed by atoms with Gasteiger partial charge in [-0.2, -0.15) is 0 Å².